The second-order valence-electron chi connectivity index (χ2n) is 4.30. The molecule has 0 bridgehead atoms. The minimum absolute atomic E-state index is 0.480. The van der Waals surface area contributed by atoms with Crippen molar-refractivity contribution in [3.8, 4) is 6.07 Å². The molecule has 0 saturated carbocycles. The van der Waals surface area contributed by atoms with Crippen molar-refractivity contribution in [2.75, 3.05) is 5.32 Å². The van der Waals surface area contributed by atoms with Crippen LogP contribution in [0.15, 0.2) is 42.5 Å². The summed E-state index contributed by atoms with van der Waals surface area (Å²) in [5.41, 5.74) is 3.77. The van der Waals surface area contributed by atoms with E-state index in [2.05, 4.69) is 42.6 Å². The lowest BCUT2D eigenvalue weighted by Crippen LogP contribution is -2.01. The van der Waals surface area contributed by atoms with Gasteiger partial charge in [0, 0.05) is 6.54 Å². The monoisotopic (exact) mass is 270 g/mol. The lowest BCUT2D eigenvalue weighted by Gasteiger charge is -2.09. The molecule has 0 unspecified atom stereocenters. The van der Waals surface area contributed by atoms with Crippen LogP contribution >= 0.6 is 11.6 Å². The summed E-state index contributed by atoms with van der Waals surface area (Å²) in [6.45, 7) is 2.82. The van der Waals surface area contributed by atoms with Crippen LogP contribution in [-0.2, 0) is 13.0 Å². The molecule has 0 saturated heterocycles. The SMILES string of the molecule is CCc1ccc(CNc2cccc(Cl)c2C#N)cc1. The third-order valence-corrected chi connectivity index (χ3v) is 3.35. The number of benzene rings is 2. The summed E-state index contributed by atoms with van der Waals surface area (Å²) in [4.78, 5) is 0. The Bertz CT molecular complexity index is 597. The molecule has 0 atom stereocenters. The van der Waals surface area contributed by atoms with Crippen LogP contribution in [0.5, 0.6) is 0 Å². The van der Waals surface area contributed by atoms with Crippen molar-refractivity contribution < 1.29 is 0 Å². The molecular weight excluding hydrogens is 256 g/mol. The topological polar surface area (TPSA) is 35.8 Å². The fourth-order valence-electron chi connectivity index (χ4n) is 1.88. The van der Waals surface area contributed by atoms with Crippen molar-refractivity contribution in [3.05, 3.63) is 64.2 Å². The molecule has 2 rings (SSSR count). The molecule has 0 amide bonds. The van der Waals surface area contributed by atoms with Crippen molar-refractivity contribution in [2.45, 2.75) is 19.9 Å². The third-order valence-electron chi connectivity index (χ3n) is 3.04. The number of anilines is 1. The van der Waals surface area contributed by atoms with E-state index >= 15 is 0 Å². The Hall–Kier alpha value is -1.98. The van der Waals surface area contributed by atoms with Crippen LogP contribution in [0.25, 0.3) is 0 Å². The molecule has 0 aliphatic rings. The Morgan fingerprint density at radius 2 is 1.79 bits per heavy atom. The average molecular weight is 271 g/mol. The van der Waals surface area contributed by atoms with Gasteiger partial charge in [0.25, 0.3) is 0 Å². The Labute approximate surface area is 118 Å². The van der Waals surface area contributed by atoms with Crippen LogP contribution in [0.3, 0.4) is 0 Å². The maximum Gasteiger partial charge on any atom is 0.103 e. The van der Waals surface area contributed by atoms with Gasteiger partial charge in [-0.1, -0.05) is 48.9 Å². The van der Waals surface area contributed by atoms with E-state index in [0.717, 1.165) is 12.1 Å². The van der Waals surface area contributed by atoms with Gasteiger partial charge in [0.15, 0.2) is 0 Å². The summed E-state index contributed by atoms with van der Waals surface area (Å²) in [6.07, 6.45) is 1.04. The highest BCUT2D eigenvalue weighted by Crippen LogP contribution is 2.23. The van der Waals surface area contributed by atoms with Gasteiger partial charge in [-0.25, -0.2) is 0 Å². The highest BCUT2D eigenvalue weighted by Gasteiger charge is 2.05. The van der Waals surface area contributed by atoms with Gasteiger partial charge in [-0.05, 0) is 29.7 Å². The largest absolute Gasteiger partial charge is 0.380 e. The predicted molar refractivity (Wildman–Crippen MR) is 79.3 cm³/mol. The van der Waals surface area contributed by atoms with Crippen LogP contribution in [0, 0.1) is 11.3 Å². The maximum absolute atomic E-state index is 9.09. The number of nitrogens with one attached hydrogen (secondary N) is 1. The first-order valence-electron chi connectivity index (χ1n) is 6.25. The molecule has 0 spiro atoms. The molecule has 2 nitrogen and oxygen atoms in total. The van der Waals surface area contributed by atoms with Gasteiger partial charge in [0.05, 0.1) is 16.3 Å². The van der Waals surface area contributed by atoms with Crippen LogP contribution in [0.2, 0.25) is 5.02 Å². The molecule has 0 heterocycles. The average Bonchev–Trinajstić information content (AvgIpc) is 2.45. The summed E-state index contributed by atoms with van der Waals surface area (Å²) in [7, 11) is 0. The molecule has 0 aromatic heterocycles. The van der Waals surface area contributed by atoms with Crippen molar-refractivity contribution >= 4 is 17.3 Å². The first-order chi connectivity index (χ1) is 9.24. The van der Waals surface area contributed by atoms with Crippen LogP contribution in [-0.4, -0.2) is 0 Å². The predicted octanol–water partition coefficient (Wildman–Crippen LogP) is 4.39. The van der Waals surface area contributed by atoms with E-state index in [-0.39, 0.29) is 0 Å². The number of nitrogens with zero attached hydrogens (tertiary/aromatic N) is 1. The molecule has 96 valence electrons. The van der Waals surface area contributed by atoms with Crippen molar-refractivity contribution in [2.24, 2.45) is 0 Å². The first kappa shape index (κ1) is 13.5. The Kier molecular flexibility index (Phi) is 4.43. The van der Waals surface area contributed by atoms with E-state index < -0.39 is 0 Å². The number of halogens is 1. The fourth-order valence-corrected chi connectivity index (χ4v) is 2.09. The number of aryl methyl sites for hydroxylation is 1. The van der Waals surface area contributed by atoms with E-state index in [9.17, 15) is 0 Å². The van der Waals surface area contributed by atoms with Crippen molar-refractivity contribution in [3.63, 3.8) is 0 Å². The number of nitriles is 1. The van der Waals surface area contributed by atoms with Gasteiger partial charge >= 0.3 is 0 Å². The van der Waals surface area contributed by atoms with Crippen molar-refractivity contribution in [1.29, 1.82) is 5.26 Å². The van der Waals surface area contributed by atoms with E-state index in [4.69, 9.17) is 16.9 Å². The van der Waals surface area contributed by atoms with E-state index in [1.807, 2.05) is 12.1 Å². The third kappa shape index (κ3) is 3.27. The summed E-state index contributed by atoms with van der Waals surface area (Å²) < 4.78 is 0. The van der Waals surface area contributed by atoms with Crippen LogP contribution < -0.4 is 5.32 Å². The zero-order valence-electron chi connectivity index (χ0n) is 10.8. The van der Waals surface area contributed by atoms with Gasteiger partial charge in [-0.2, -0.15) is 5.26 Å². The molecule has 0 aliphatic carbocycles. The zero-order valence-corrected chi connectivity index (χ0v) is 11.5. The van der Waals surface area contributed by atoms with Gasteiger partial charge in [-0.3, -0.25) is 0 Å². The maximum atomic E-state index is 9.09. The minimum atomic E-state index is 0.480. The van der Waals surface area contributed by atoms with Gasteiger partial charge in [0.2, 0.25) is 0 Å². The van der Waals surface area contributed by atoms with E-state index in [1.54, 1.807) is 6.07 Å². The van der Waals surface area contributed by atoms with Crippen molar-refractivity contribution in [1.82, 2.24) is 0 Å². The van der Waals surface area contributed by atoms with Gasteiger partial charge in [0.1, 0.15) is 6.07 Å². The van der Waals surface area contributed by atoms with E-state index in [0.29, 0.717) is 17.1 Å². The Morgan fingerprint density at radius 3 is 2.42 bits per heavy atom. The number of rotatable bonds is 4. The number of hydrogen-bond acceptors (Lipinski definition) is 2. The molecule has 19 heavy (non-hydrogen) atoms. The summed E-state index contributed by atoms with van der Waals surface area (Å²) >= 11 is 5.99. The second kappa shape index (κ2) is 6.26. The molecule has 1 N–H and O–H groups in total. The molecule has 2 aromatic carbocycles. The molecule has 0 fully saturated rings. The minimum Gasteiger partial charge on any atom is -0.380 e. The Balaban J connectivity index is 2.10. The fraction of sp³-hybridized carbons (Fsp3) is 0.188. The quantitative estimate of drug-likeness (QED) is 0.895. The van der Waals surface area contributed by atoms with Gasteiger partial charge in [-0.15, -0.1) is 0 Å². The lowest BCUT2D eigenvalue weighted by atomic mass is 10.1. The van der Waals surface area contributed by atoms with E-state index in [1.165, 1.54) is 11.1 Å². The number of hydrogen-bond donors (Lipinski definition) is 1. The molecule has 0 aliphatic heterocycles. The summed E-state index contributed by atoms with van der Waals surface area (Å²) in [5, 5.41) is 12.8. The van der Waals surface area contributed by atoms with Gasteiger partial charge < -0.3 is 5.32 Å². The normalized spacial score (nSPS) is 9.95. The highest BCUT2D eigenvalue weighted by atomic mass is 35.5. The Morgan fingerprint density at radius 1 is 1.11 bits per heavy atom. The smallest absolute Gasteiger partial charge is 0.103 e. The first-order valence-corrected chi connectivity index (χ1v) is 6.62. The molecule has 2 aromatic rings. The summed E-state index contributed by atoms with van der Waals surface area (Å²) in [6, 6.07) is 16.0. The summed E-state index contributed by atoms with van der Waals surface area (Å²) in [5.74, 6) is 0. The molecular formula is C16H15ClN2. The standard InChI is InChI=1S/C16H15ClN2/c1-2-12-6-8-13(9-7-12)11-19-16-5-3-4-15(17)14(16)10-18/h3-9,19H,2,11H2,1H3. The zero-order chi connectivity index (χ0) is 13.7. The lowest BCUT2D eigenvalue weighted by molar-refractivity contribution is 1.10. The van der Waals surface area contributed by atoms with Crippen LogP contribution in [0.4, 0.5) is 5.69 Å². The highest BCUT2D eigenvalue weighted by molar-refractivity contribution is 6.32. The second-order valence-corrected chi connectivity index (χ2v) is 4.71. The molecule has 3 heteroatoms. The van der Waals surface area contributed by atoms with Crippen LogP contribution in [0.1, 0.15) is 23.6 Å². The molecule has 0 radical (unpaired) electrons.